The van der Waals surface area contributed by atoms with Gasteiger partial charge in [-0.2, -0.15) is 0 Å². The molecule has 0 saturated carbocycles. The normalized spacial score (nSPS) is 12.9. The Morgan fingerprint density at radius 2 is 1.46 bits per heavy atom. The Hall–Kier alpha value is -3.06. The summed E-state index contributed by atoms with van der Waals surface area (Å²) in [5, 5.41) is 5.33. The van der Waals surface area contributed by atoms with Crippen molar-refractivity contribution in [3.63, 3.8) is 0 Å². The standard InChI is InChI=1S/C23H17N/c1-2-3-4-8-16-13-14-18-20-11-7-10-19-17-9-5-6-12-21(17)24(23(19)20)22(18)15-16/h2-15H,1H3/b3-2-,8-4+. The summed E-state index contributed by atoms with van der Waals surface area (Å²) in [6.45, 7) is 2.03. The molecule has 5 aromatic rings. The van der Waals surface area contributed by atoms with Crippen molar-refractivity contribution in [1.29, 1.82) is 0 Å². The zero-order valence-corrected chi connectivity index (χ0v) is 13.5. The molecule has 2 heterocycles. The summed E-state index contributed by atoms with van der Waals surface area (Å²) in [6, 6.07) is 22.1. The van der Waals surface area contributed by atoms with Crippen molar-refractivity contribution >= 4 is 44.2 Å². The largest absolute Gasteiger partial charge is 0.308 e. The Bertz CT molecular complexity index is 1250. The summed E-state index contributed by atoms with van der Waals surface area (Å²) in [5.74, 6) is 0. The molecule has 0 saturated heterocycles. The summed E-state index contributed by atoms with van der Waals surface area (Å²) in [7, 11) is 0. The van der Waals surface area contributed by atoms with E-state index in [1.54, 1.807) is 0 Å². The Morgan fingerprint density at radius 1 is 0.708 bits per heavy atom. The van der Waals surface area contributed by atoms with E-state index in [-0.39, 0.29) is 0 Å². The van der Waals surface area contributed by atoms with Crippen molar-refractivity contribution in [2.45, 2.75) is 6.92 Å². The van der Waals surface area contributed by atoms with Crippen molar-refractivity contribution in [2.24, 2.45) is 0 Å². The lowest BCUT2D eigenvalue weighted by molar-refractivity contribution is 1.37. The van der Waals surface area contributed by atoms with E-state index in [1.807, 2.05) is 13.0 Å². The van der Waals surface area contributed by atoms with Crippen LogP contribution >= 0.6 is 0 Å². The van der Waals surface area contributed by atoms with Crippen molar-refractivity contribution in [3.8, 4) is 0 Å². The zero-order valence-electron chi connectivity index (χ0n) is 13.5. The highest BCUT2D eigenvalue weighted by Crippen LogP contribution is 2.38. The molecule has 0 amide bonds. The third-order valence-electron chi connectivity index (χ3n) is 4.84. The molecule has 0 spiro atoms. The molecule has 0 aliphatic rings. The number of aromatic nitrogens is 1. The summed E-state index contributed by atoms with van der Waals surface area (Å²) in [5.41, 5.74) is 5.13. The fraction of sp³-hybridized carbons (Fsp3) is 0.0435. The Kier molecular flexibility index (Phi) is 2.77. The highest BCUT2D eigenvalue weighted by Gasteiger charge is 2.16. The topological polar surface area (TPSA) is 4.41 Å². The van der Waals surface area contributed by atoms with E-state index in [2.05, 4.69) is 83.3 Å². The van der Waals surface area contributed by atoms with Crippen LogP contribution in [0.1, 0.15) is 12.5 Å². The van der Waals surface area contributed by atoms with Crippen LogP contribution in [0, 0.1) is 0 Å². The van der Waals surface area contributed by atoms with Crippen LogP contribution in [0.2, 0.25) is 0 Å². The second-order valence-corrected chi connectivity index (χ2v) is 6.22. The van der Waals surface area contributed by atoms with Gasteiger partial charge in [-0.3, -0.25) is 0 Å². The Labute approximate surface area is 140 Å². The monoisotopic (exact) mass is 307 g/mol. The van der Waals surface area contributed by atoms with Crippen LogP contribution in [-0.2, 0) is 0 Å². The molecule has 114 valence electrons. The average molecular weight is 307 g/mol. The number of fused-ring (bicyclic) bond motifs is 6. The minimum atomic E-state index is 1.23. The second kappa shape index (κ2) is 4.97. The van der Waals surface area contributed by atoms with Gasteiger partial charge in [0.25, 0.3) is 0 Å². The summed E-state index contributed by atoms with van der Waals surface area (Å²) < 4.78 is 2.42. The number of hydrogen-bond acceptors (Lipinski definition) is 0. The van der Waals surface area contributed by atoms with E-state index in [4.69, 9.17) is 0 Å². The van der Waals surface area contributed by atoms with E-state index in [0.717, 1.165) is 0 Å². The molecular weight excluding hydrogens is 290 g/mol. The maximum Gasteiger partial charge on any atom is 0.0620 e. The van der Waals surface area contributed by atoms with Gasteiger partial charge in [-0.05, 0) is 24.6 Å². The first kappa shape index (κ1) is 13.4. The van der Waals surface area contributed by atoms with E-state index in [0.29, 0.717) is 0 Å². The molecule has 0 unspecified atom stereocenters. The Balaban J connectivity index is 1.97. The predicted octanol–water partition coefficient (Wildman–Crippen LogP) is 6.43. The molecule has 0 fully saturated rings. The average Bonchev–Trinajstić information content (AvgIpc) is 3.13. The molecule has 0 atom stereocenters. The highest BCUT2D eigenvalue weighted by atomic mass is 14.9. The molecule has 0 bridgehead atoms. The number of rotatable bonds is 2. The number of hydrogen-bond donors (Lipinski definition) is 0. The number of para-hydroxylation sites is 2. The second-order valence-electron chi connectivity index (χ2n) is 6.22. The van der Waals surface area contributed by atoms with Crippen molar-refractivity contribution in [2.75, 3.05) is 0 Å². The summed E-state index contributed by atoms with van der Waals surface area (Å²) >= 11 is 0. The first-order valence-corrected chi connectivity index (χ1v) is 8.35. The lowest BCUT2D eigenvalue weighted by Gasteiger charge is -1.99. The Morgan fingerprint density at radius 3 is 2.29 bits per heavy atom. The van der Waals surface area contributed by atoms with Gasteiger partial charge in [0.1, 0.15) is 0 Å². The maximum absolute atomic E-state index is 2.42. The van der Waals surface area contributed by atoms with Crippen molar-refractivity contribution < 1.29 is 0 Å². The number of nitrogens with zero attached hydrogens (tertiary/aromatic N) is 1. The smallest absolute Gasteiger partial charge is 0.0620 e. The molecular formula is C23H17N. The van der Waals surface area contributed by atoms with Crippen LogP contribution < -0.4 is 0 Å². The van der Waals surface area contributed by atoms with Gasteiger partial charge >= 0.3 is 0 Å². The molecule has 5 rings (SSSR count). The van der Waals surface area contributed by atoms with Gasteiger partial charge in [-0.15, -0.1) is 0 Å². The van der Waals surface area contributed by atoms with Crippen LogP contribution in [0.25, 0.3) is 44.2 Å². The van der Waals surface area contributed by atoms with Crippen LogP contribution in [0.15, 0.2) is 78.9 Å². The van der Waals surface area contributed by atoms with Crippen LogP contribution in [0.4, 0.5) is 0 Å². The van der Waals surface area contributed by atoms with Gasteiger partial charge in [-0.25, -0.2) is 0 Å². The molecule has 0 aliphatic carbocycles. The van der Waals surface area contributed by atoms with Crippen LogP contribution in [-0.4, -0.2) is 4.40 Å². The summed E-state index contributed by atoms with van der Waals surface area (Å²) in [4.78, 5) is 0. The molecule has 0 aliphatic heterocycles. The first-order valence-electron chi connectivity index (χ1n) is 8.35. The van der Waals surface area contributed by atoms with Gasteiger partial charge in [0.05, 0.1) is 16.6 Å². The van der Waals surface area contributed by atoms with Gasteiger partial charge < -0.3 is 4.40 Å². The third kappa shape index (κ3) is 1.70. The minimum Gasteiger partial charge on any atom is -0.308 e. The molecule has 1 nitrogen and oxygen atoms in total. The molecule has 0 radical (unpaired) electrons. The summed E-state index contributed by atoms with van der Waals surface area (Å²) in [6.07, 6.45) is 8.35. The fourth-order valence-corrected chi connectivity index (χ4v) is 3.83. The zero-order chi connectivity index (χ0) is 16.1. The highest BCUT2D eigenvalue weighted by molar-refractivity contribution is 6.23. The molecule has 1 heteroatoms. The van der Waals surface area contributed by atoms with Crippen LogP contribution in [0.3, 0.4) is 0 Å². The molecule has 0 N–H and O–H groups in total. The number of benzene rings is 3. The third-order valence-corrected chi connectivity index (χ3v) is 4.84. The number of allylic oxidation sites excluding steroid dienone is 3. The van der Waals surface area contributed by atoms with Gasteiger partial charge in [0.15, 0.2) is 0 Å². The lowest BCUT2D eigenvalue weighted by Crippen LogP contribution is -1.81. The van der Waals surface area contributed by atoms with Crippen molar-refractivity contribution in [3.05, 3.63) is 84.5 Å². The quantitative estimate of drug-likeness (QED) is 0.331. The van der Waals surface area contributed by atoms with E-state index >= 15 is 0 Å². The minimum absolute atomic E-state index is 1.23. The van der Waals surface area contributed by atoms with Crippen molar-refractivity contribution in [1.82, 2.24) is 4.40 Å². The van der Waals surface area contributed by atoms with Crippen LogP contribution in [0.5, 0.6) is 0 Å². The van der Waals surface area contributed by atoms with E-state index in [1.165, 1.54) is 43.7 Å². The molecule has 3 aromatic carbocycles. The lowest BCUT2D eigenvalue weighted by atomic mass is 10.1. The SMILES string of the molecule is C/C=C\C=C\c1ccc2c3cccc4c5ccccc5n(c2c1)c43. The maximum atomic E-state index is 2.42. The van der Waals surface area contributed by atoms with Gasteiger partial charge in [0.2, 0.25) is 0 Å². The predicted molar refractivity (Wildman–Crippen MR) is 105 cm³/mol. The first-order chi connectivity index (χ1) is 11.9. The molecule has 24 heavy (non-hydrogen) atoms. The fourth-order valence-electron chi connectivity index (χ4n) is 3.83. The van der Waals surface area contributed by atoms with Gasteiger partial charge in [-0.1, -0.05) is 72.8 Å². The van der Waals surface area contributed by atoms with Gasteiger partial charge in [0, 0.05) is 21.5 Å². The van der Waals surface area contributed by atoms with E-state index in [9.17, 15) is 0 Å². The van der Waals surface area contributed by atoms with E-state index < -0.39 is 0 Å². The molecule has 2 aromatic heterocycles.